The number of carbonyl (C=O) groups excluding carboxylic acids is 1. The Bertz CT molecular complexity index is 725. The van der Waals surface area contributed by atoms with Crippen molar-refractivity contribution in [2.75, 3.05) is 12.3 Å². The largest absolute Gasteiger partial charge is 0.355 e. The van der Waals surface area contributed by atoms with Crippen LogP contribution in [0.15, 0.2) is 18.2 Å². The Labute approximate surface area is 166 Å². The number of hydrogen-bond donors (Lipinski definition) is 1. The van der Waals surface area contributed by atoms with Gasteiger partial charge in [-0.3, -0.25) is 4.79 Å². The number of nitrogens with one attached hydrogen (secondary N) is 1. The lowest BCUT2D eigenvalue weighted by atomic mass is 10.0. The van der Waals surface area contributed by atoms with Crippen LogP contribution in [0.3, 0.4) is 0 Å². The number of hydrogen-bond acceptors (Lipinski definition) is 4. The number of nitrogens with zero attached hydrogens (tertiary/aromatic N) is 1. The van der Waals surface area contributed by atoms with Gasteiger partial charge in [-0.1, -0.05) is 29.3 Å². The predicted octanol–water partition coefficient (Wildman–Crippen LogP) is 4.92. The number of aryl methyl sites for hydroxylation is 2. The molecule has 1 aliphatic carbocycles. The molecule has 0 saturated carbocycles. The molecule has 1 aromatic carbocycles. The molecule has 0 spiro atoms. The van der Waals surface area contributed by atoms with Gasteiger partial charge < -0.3 is 5.32 Å². The van der Waals surface area contributed by atoms with E-state index in [1.165, 1.54) is 29.8 Å². The minimum Gasteiger partial charge on any atom is -0.355 e. The zero-order valence-corrected chi connectivity index (χ0v) is 17.0. The van der Waals surface area contributed by atoms with Crippen LogP contribution in [0, 0.1) is 0 Å². The molecule has 0 atom stereocenters. The Morgan fingerprint density at radius 1 is 1.28 bits per heavy atom. The minimum atomic E-state index is 0.0522. The van der Waals surface area contributed by atoms with Crippen molar-refractivity contribution in [3.05, 3.63) is 49.4 Å². The third-order valence-electron chi connectivity index (χ3n) is 4.06. The molecule has 1 N–H and O–H groups in total. The Morgan fingerprint density at radius 3 is 2.92 bits per heavy atom. The molecule has 1 aliphatic rings. The van der Waals surface area contributed by atoms with E-state index in [0.29, 0.717) is 28.1 Å². The van der Waals surface area contributed by atoms with Crippen LogP contribution in [0.25, 0.3) is 0 Å². The topological polar surface area (TPSA) is 42.0 Å². The molecule has 3 rings (SSSR count). The van der Waals surface area contributed by atoms with Gasteiger partial charge in [0, 0.05) is 33.6 Å². The quantitative estimate of drug-likeness (QED) is 0.698. The van der Waals surface area contributed by atoms with Gasteiger partial charge in [-0.15, -0.1) is 23.1 Å². The number of rotatable bonds is 7. The van der Waals surface area contributed by atoms with E-state index in [2.05, 4.69) is 5.32 Å². The molecule has 0 radical (unpaired) electrons. The molecule has 3 nitrogen and oxygen atoms in total. The summed E-state index contributed by atoms with van der Waals surface area (Å²) in [4.78, 5) is 18.1. The van der Waals surface area contributed by atoms with Gasteiger partial charge in [0.15, 0.2) is 0 Å². The second-order valence-corrected chi connectivity index (χ2v) is 9.01. The molecule has 0 fully saturated rings. The summed E-state index contributed by atoms with van der Waals surface area (Å²) in [6, 6.07) is 5.45. The lowest BCUT2D eigenvalue weighted by Crippen LogP contribution is -2.27. The van der Waals surface area contributed by atoms with Crippen LogP contribution < -0.4 is 5.32 Å². The molecule has 0 saturated heterocycles. The number of amides is 1. The van der Waals surface area contributed by atoms with Gasteiger partial charge >= 0.3 is 0 Å². The van der Waals surface area contributed by atoms with Crippen LogP contribution in [-0.4, -0.2) is 23.2 Å². The minimum absolute atomic E-state index is 0.0522. The van der Waals surface area contributed by atoms with E-state index in [0.717, 1.165) is 23.4 Å². The van der Waals surface area contributed by atoms with Crippen LogP contribution in [0.4, 0.5) is 0 Å². The van der Waals surface area contributed by atoms with Crippen molar-refractivity contribution in [1.29, 1.82) is 0 Å². The molecule has 0 bridgehead atoms. The van der Waals surface area contributed by atoms with Crippen LogP contribution in [0.1, 0.15) is 34.0 Å². The highest BCUT2D eigenvalue weighted by atomic mass is 35.5. The number of benzene rings is 1. The summed E-state index contributed by atoms with van der Waals surface area (Å²) in [5.41, 5.74) is 2.28. The molecule has 1 heterocycles. The maximum atomic E-state index is 12.0. The Kier molecular flexibility index (Phi) is 7.05. The molecular formula is C18H20Cl2N2OS2. The summed E-state index contributed by atoms with van der Waals surface area (Å²) in [6.07, 6.45) is 5.63. The van der Waals surface area contributed by atoms with E-state index in [1.54, 1.807) is 17.8 Å². The first-order valence-electron chi connectivity index (χ1n) is 8.37. The van der Waals surface area contributed by atoms with E-state index >= 15 is 0 Å². The van der Waals surface area contributed by atoms with E-state index in [-0.39, 0.29) is 5.91 Å². The first-order chi connectivity index (χ1) is 12.1. The van der Waals surface area contributed by atoms with Gasteiger partial charge in [0.25, 0.3) is 0 Å². The lowest BCUT2D eigenvalue weighted by Gasteiger charge is -2.06. The summed E-state index contributed by atoms with van der Waals surface area (Å²) in [6.45, 7) is 0.646. The van der Waals surface area contributed by atoms with Gasteiger partial charge in [-0.25, -0.2) is 4.98 Å². The summed E-state index contributed by atoms with van der Waals surface area (Å²) in [5.74, 6) is 1.17. The smallest absolute Gasteiger partial charge is 0.230 e. The maximum Gasteiger partial charge on any atom is 0.230 e. The predicted molar refractivity (Wildman–Crippen MR) is 108 cm³/mol. The van der Waals surface area contributed by atoms with Crippen molar-refractivity contribution >= 4 is 52.2 Å². The third kappa shape index (κ3) is 5.61. The standard InChI is InChI=1S/C18H20Cl2N2OS2/c19-13-6-5-12(14(20)9-13)10-24-11-17(23)21-8-7-18-22-15-3-1-2-4-16(15)25-18/h5-6,9H,1-4,7-8,10-11H2,(H,21,23). The summed E-state index contributed by atoms with van der Waals surface area (Å²) < 4.78 is 0. The number of aromatic nitrogens is 1. The second kappa shape index (κ2) is 9.26. The highest BCUT2D eigenvalue weighted by Crippen LogP contribution is 2.27. The highest BCUT2D eigenvalue weighted by molar-refractivity contribution is 7.99. The molecule has 134 valence electrons. The number of fused-ring (bicyclic) bond motifs is 1. The van der Waals surface area contributed by atoms with Crippen molar-refractivity contribution < 1.29 is 4.79 Å². The van der Waals surface area contributed by atoms with E-state index in [1.807, 2.05) is 23.5 Å². The molecule has 25 heavy (non-hydrogen) atoms. The van der Waals surface area contributed by atoms with Gasteiger partial charge in [0.1, 0.15) is 0 Å². The molecule has 0 aliphatic heterocycles. The number of halogens is 2. The van der Waals surface area contributed by atoms with Crippen molar-refractivity contribution in [2.24, 2.45) is 0 Å². The second-order valence-electron chi connectivity index (χ2n) is 6.01. The number of thioether (sulfide) groups is 1. The van der Waals surface area contributed by atoms with E-state index in [4.69, 9.17) is 28.2 Å². The first kappa shape index (κ1) is 19.0. The summed E-state index contributed by atoms with van der Waals surface area (Å²) in [5, 5.41) is 5.39. The number of thiazole rings is 1. The zero-order valence-electron chi connectivity index (χ0n) is 13.8. The van der Waals surface area contributed by atoms with Crippen LogP contribution in [-0.2, 0) is 29.8 Å². The molecular weight excluding hydrogens is 395 g/mol. The lowest BCUT2D eigenvalue weighted by molar-refractivity contribution is -0.118. The molecule has 7 heteroatoms. The van der Waals surface area contributed by atoms with Crippen molar-refractivity contribution in [2.45, 2.75) is 37.9 Å². The van der Waals surface area contributed by atoms with Gasteiger partial charge in [0.2, 0.25) is 5.91 Å². The zero-order chi connectivity index (χ0) is 17.6. The van der Waals surface area contributed by atoms with Gasteiger partial charge in [-0.05, 0) is 43.4 Å². The highest BCUT2D eigenvalue weighted by Gasteiger charge is 2.15. The molecule has 1 aromatic heterocycles. The fourth-order valence-corrected chi connectivity index (χ4v) is 5.34. The summed E-state index contributed by atoms with van der Waals surface area (Å²) in [7, 11) is 0. The Morgan fingerprint density at radius 2 is 2.12 bits per heavy atom. The van der Waals surface area contributed by atoms with Gasteiger partial charge in [0.05, 0.1) is 16.5 Å². The fourth-order valence-electron chi connectivity index (χ4n) is 2.76. The normalized spacial score (nSPS) is 13.5. The maximum absolute atomic E-state index is 12.0. The monoisotopic (exact) mass is 414 g/mol. The van der Waals surface area contributed by atoms with Crippen molar-refractivity contribution in [3.63, 3.8) is 0 Å². The fraction of sp³-hybridized carbons (Fsp3) is 0.444. The SMILES string of the molecule is O=C(CSCc1ccc(Cl)cc1Cl)NCCc1nc2c(s1)CCCC2. The van der Waals surface area contributed by atoms with Gasteiger partial charge in [-0.2, -0.15) is 0 Å². The van der Waals surface area contributed by atoms with Crippen LogP contribution >= 0.6 is 46.3 Å². The molecule has 2 aromatic rings. The van der Waals surface area contributed by atoms with E-state index in [9.17, 15) is 4.79 Å². The average molecular weight is 415 g/mol. The average Bonchev–Trinajstić information content (AvgIpc) is 2.99. The third-order valence-corrected chi connectivity index (χ3v) is 6.84. The first-order valence-corrected chi connectivity index (χ1v) is 11.1. The number of carbonyl (C=O) groups is 1. The van der Waals surface area contributed by atoms with Crippen LogP contribution in [0.5, 0.6) is 0 Å². The Balaban J connectivity index is 1.36. The Hall–Kier alpha value is -0.750. The van der Waals surface area contributed by atoms with Crippen molar-refractivity contribution in [3.8, 4) is 0 Å². The van der Waals surface area contributed by atoms with Crippen molar-refractivity contribution in [1.82, 2.24) is 10.3 Å². The molecule has 1 amide bonds. The van der Waals surface area contributed by atoms with Crippen LogP contribution in [0.2, 0.25) is 10.0 Å². The summed E-state index contributed by atoms with van der Waals surface area (Å²) >= 11 is 15.4. The van der Waals surface area contributed by atoms with E-state index < -0.39 is 0 Å². The molecule has 0 unspecified atom stereocenters.